The number of imidazole rings is 1. The molecule has 0 spiro atoms. The summed E-state index contributed by atoms with van der Waals surface area (Å²) in [7, 11) is 0. The van der Waals surface area contributed by atoms with Crippen molar-refractivity contribution in [2.75, 3.05) is 18.0 Å². The second kappa shape index (κ2) is 7.01. The van der Waals surface area contributed by atoms with Crippen LogP contribution in [0.2, 0.25) is 0 Å². The third-order valence-corrected chi connectivity index (χ3v) is 4.70. The molecule has 128 valence electrons. The molecule has 0 amide bonds. The van der Waals surface area contributed by atoms with Crippen LogP contribution in [0.5, 0.6) is 0 Å². The number of hydrogen-bond acceptors (Lipinski definition) is 5. The van der Waals surface area contributed by atoms with Crippen LogP contribution in [0.3, 0.4) is 0 Å². The van der Waals surface area contributed by atoms with Gasteiger partial charge in [0.2, 0.25) is 0 Å². The van der Waals surface area contributed by atoms with Gasteiger partial charge in [-0.05, 0) is 37.5 Å². The van der Waals surface area contributed by atoms with Crippen LogP contribution in [0.4, 0.5) is 5.82 Å². The van der Waals surface area contributed by atoms with Crippen molar-refractivity contribution in [2.24, 2.45) is 0 Å². The SMILES string of the molecule is Cc1nccc(N2CCC[C@H](c3nccn3Cc3cccnc3)C2)n1. The van der Waals surface area contributed by atoms with Crippen molar-refractivity contribution in [1.82, 2.24) is 24.5 Å². The molecule has 0 bridgehead atoms. The van der Waals surface area contributed by atoms with Gasteiger partial charge in [-0.2, -0.15) is 0 Å². The highest BCUT2D eigenvalue weighted by Crippen LogP contribution is 2.28. The Morgan fingerprint density at radius 2 is 2.12 bits per heavy atom. The van der Waals surface area contributed by atoms with E-state index in [1.165, 1.54) is 5.56 Å². The summed E-state index contributed by atoms with van der Waals surface area (Å²) in [6.45, 7) is 4.73. The average molecular weight is 334 g/mol. The standard InChI is InChI=1S/C19H22N6/c1-15-21-8-6-18(23-15)24-10-3-5-17(14-24)19-22-9-11-25(19)13-16-4-2-7-20-12-16/h2,4,6-9,11-12,17H,3,5,10,13-14H2,1H3/t17-/m0/s1. The monoisotopic (exact) mass is 334 g/mol. The maximum Gasteiger partial charge on any atom is 0.132 e. The molecule has 3 aromatic rings. The molecule has 0 unspecified atom stereocenters. The van der Waals surface area contributed by atoms with E-state index in [1.807, 2.05) is 37.6 Å². The Labute approximate surface area is 147 Å². The molecule has 0 aromatic carbocycles. The lowest BCUT2D eigenvalue weighted by Crippen LogP contribution is -2.36. The Morgan fingerprint density at radius 3 is 2.96 bits per heavy atom. The highest BCUT2D eigenvalue weighted by Gasteiger charge is 2.25. The number of nitrogens with zero attached hydrogens (tertiary/aromatic N) is 6. The molecule has 1 saturated heterocycles. The Bertz CT molecular complexity index is 829. The Balaban J connectivity index is 1.53. The van der Waals surface area contributed by atoms with Gasteiger partial charge in [-0.25, -0.2) is 15.0 Å². The lowest BCUT2D eigenvalue weighted by molar-refractivity contribution is 0.473. The Morgan fingerprint density at radius 1 is 1.16 bits per heavy atom. The first-order chi connectivity index (χ1) is 12.3. The smallest absolute Gasteiger partial charge is 0.132 e. The second-order valence-corrected chi connectivity index (χ2v) is 6.52. The van der Waals surface area contributed by atoms with Crippen molar-refractivity contribution in [3.05, 3.63) is 66.4 Å². The summed E-state index contributed by atoms with van der Waals surface area (Å²) < 4.78 is 2.25. The number of aromatic nitrogens is 5. The van der Waals surface area contributed by atoms with Crippen molar-refractivity contribution >= 4 is 5.82 Å². The van der Waals surface area contributed by atoms with E-state index in [1.54, 1.807) is 6.20 Å². The number of anilines is 1. The number of pyridine rings is 1. The first-order valence-electron chi connectivity index (χ1n) is 8.74. The molecular weight excluding hydrogens is 312 g/mol. The third kappa shape index (κ3) is 3.52. The van der Waals surface area contributed by atoms with E-state index >= 15 is 0 Å². The zero-order valence-electron chi connectivity index (χ0n) is 14.4. The van der Waals surface area contributed by atoms with Crippen LogP contribution in [-0.2, 0) is 6.54 Å². The van der Waals surface area contributed by atoms with Crippen molar-refractivity contribution in [2.45, 2.75) is 32.2 Å². The van der Waals surface area contributed by atoms with Gasteiger partial charge in [-0.3, -0.25) is 4.98 Å². The fourth-order valence-electron chi connectivity index (χ4n) is 3.52. The minimum atomic E-state index is 0.413. The van der Waals surface area contributed by atoms with Crippen LogP contribution in [0.15, 0.2) is 49.2 Å². The third-order valence-electron chi connectivity index (χ3n) is 4.70. The van der Waals surface area contributed by atoms with E-state index in [9.17, 15) is 0 Å². The number of piperidine rings is 1. The summed E-state index contributed by atoms with van der Waals surface area (Å²) in [6, 6.07) is 6.08. The molecule has 6 nitrogen and oxygen atoms in total. The zero-order chi connectivity index (χ0) is 17.1. The van der Waals surface area contributed by atoms with Gasteiger partial charge in [-0.1, -0.05) is 6.07 Å². The first kappa shape index (κ1) is 15.7. The molecule has 3 aromatic heterocycles. The predicted molar refractivity (Wildman–Crippen MR) is 96.5 cm³/mol. The molecule has 0 radical (unpaired) electrons. The van der Waals surface area contributed by atoms with Crippen molar-refractivity contribution in [1.29, 1.82) is 0 Å². The van der Waals surface area contributed by atoms with Crippen molar-refractivity contribution in [3.8, 4) is 0 Å². The van der Waals surface area contributed by atoms with E-state index in [4.69, 9.17) is 0 Å². The normalized spacial score (nSPS) is 17.6. The largest absolute Gasteiger partial charge is 0.356 e. The highest BCUT2D eigenvalue weighted by atomic mass is 15.2. The molecule has 6 heteroatoms. The maximum atomic E-state index is 4.66. The first-order valence-corrected chi connectivity index (χ1v) is 8.74. The summed E-state index contributed by atoms with van der Waals surface area (Å²) in [5.41, 5.74) is 1.20. The van der Waals surface area contributed by atoms with E-state index in [0.29, 0.717) is 5.92 Å². The molecular formula is C19H22N6. The van der Waals surface area contributed by atoms with Gasteiger partial charge < -0.3 is 9.47 Å². The van der Waals surface area contributed by atoms with E-state index < -0.39 is 0 Å². The molecule has 1 aliphatic heterocycles. The van der Waals surface area contributed by atoms with E-state index in [-0.39, 0.29) is 0 Å². The molecule has 1 atom stereocenters. The van der Waals surface area contributed by atoms with Gasteiger partial charge in [-0.15, -0.1) is 0 Å². The minimum absolute atomic E-state index is 0.413. The van der Waals surface area contributed by atoms with Gasteiger partial charge in [0, 0.05) is 50.0 Å². The second-order valence-electron chi connectivity index (χ2n) is 6.52. The topological polar surface area (TPSA) is 59.7 Å². The van der Waals surface area contributed by atoms with Gasteiger partial charge >= 0.3 is 0 Å². The van der Waals surface area contributed by atoms with Gasteiger partial charge in [0.15, 0.2) is 0 Å². The summed E-state index contributed by atoms with van der Waals surface area (Å²) in [5.74, 6) is 3.40. The number of rotatable bonds is 4. The zero-order valence-corrected chi connectivity index (χ0v) is 14.4. The molecule has 0 N–H and O–H groups in total. The maximum absolute atomic E-state index is 4.66. The average Bonchev–Trinajstić information content (AvgIpc) is 3.11. The molecule has 4 heterocycles. The highest BCUT2D eigenvalue weighted by molar-refractivity contribution is 5.38. The van der Waals surface area contributed by atoms with Gasteiger partial charge in [0.25, 0.3) is 0 Å². The van der Waals surface area contributed by atoms with E-state index in [2.05, 4.69) is 41.7 Å². The number of aryl methyl sites for hydroxylation is 1. The molecule has 0 saturated carbocycles. The molecule has 0 aliphatic carbocycles. The van der Waals surface area contributed by atoms with Crippen LogP contribution >= 0.6 is 0 Å². The summed E-state index contributed by atoms with van der Waals surface area (Å²) in [6.07, 6.45) is 11.8. The van der Waals surface area contributed by atoms with E-state index in [0.717, 1.165) is 49.9 Å². The predicted octanol–water partition coefficient (Wildman–Crippen LogP) is 2.81. The van der Waals surface area contributed by atoms with Crippen molar-refractivity contribution in [3.63, 3.8) is 0 Å². The Hall–Kier alpha value is -2.76. The van der Waals surface area contributed by atoms with Crippen LogP contribution in [0.1, 0.15) is 36.0 Å². The molecule has 25 heavy (non-hydrogen) atoms. The number of hydrogen-bond donors (Lipinski definition) is 0. The minimum Gasteiger partial charge on any atom is -0.356 e. The summed E-state index contributed by atoms with van der Waals surface area (Å²) in [5, 5.41) is 0. The fraction of sp³-hybridized carbons (Fsp3) is 0.368. The molecule has 1 fully saturated rings. The van der Waals surface area contributed by atoms with Crippen LogP contribution in [0.25, 0.3) is 0 Å². The molecule has 1 aliphatic rings. The van der Waals surface area contributed by atoms with Crippen LogP contribution in [-0.4, -0.2) is 37.6 Å². The van der Waals surface area contributed by atoms with Crippen LogP contribution < -0.4 is 4.90 Å². The Kier molecular flexibility index (Phi) is 4.41. The van der Waals surface area contributed by atoms with Crippen LogP contribution in [0, 0.1) is 6.92 Å². The lowest BCUT2D eigenvalue weighted by Gasteiger charge is -2.33. The summed E-state index contributed by atoms with van der Waals surface area (Å²) in [4.78, 5) is 20.0. The van der Waals surface area contributed by atoms with Crippen molar-refractivity contribution < 1.29 is 0 Å². The fourth-order valence-corrected chi connectivity index (χ4v) is 3.52. The van der Waals surface area contributed by atoms with Gasteiger partial charge in [0.1, 0.15) is 17.5 Å². The summed E-state index contributed by atoms with van der Waals surface area (Å²) >= 11 is 0. The lowest BCUT2D eigenvalue weighted by atomic mass is 9.97. The van der Waals surface area contributed by atoms with Gasteiger partial charge in [0.05, 0.1) is 6.54 Å². The quantitative estimate of drug-likeness (QED) is 0.734. The molecule has 4 rings (SSSR count).